The van der Waals surface area contributed by atoms with Gasteiger partial charge in [0.2, 0.25) is 11.7 Å². The summed E-state index contributed by atoms with van der Waals surface area (Å²) in [6.07, 6.45) is 4.47. The largest absolute Gasteiger partial charge is 0.379 e. The second kappa shape index (κ2) is 11.1. The van der Waals surface area contributed by atoms with Crippen molar-refractivity contribution in [3.05, 3.63) is 78.4 Å². The number of imidazole rings is 1. The van der Waals surface area contributed by atoms with Crippen LogP contribution in [0.4, 0.5) is 5.82 Å². The zero-order valence-electron chi connectivity index (χ0n) is 25.5. The van der Waals surface area contributed by atoms with Crippen LogP contribution >= 0.6 is 0 Å². The molecule has 5 heterocycles. The van der Waals surface area contributed by atoms with Crippen LogP contribution in [0.5, 0.6) is 0 Å². The molecule has 1 N–H and O–H groups in total. The van der Waals surface area contributed by atoms with Crippen LogP contribution in [0.3, 0.4) is 0 Å². The molecule has 0 saturated carbocycles. The maximum atomic E-state index is 12.6. The number of morpholine rings is 1. The van der Waals surface area contributed by atoms with Crippen LogP contribution < -0.4 is 5.32 Å². The van der Waals surface area contributed by atoms with E-state index in [4.69, 9.17) is 9.72 Å². The van der Waals surface area contributed by atoms with Crippen molar-refractivity contribution in [1.29, 1.82) is 0 Å². The molecule has 0 radical (unpaired) electrons. The lowest BCUT2D eigenvalue weighted by Crippen LogP contribution is -2.41. The first kappa shape index (κ1) is 28.1. The Hall–Kier alpha value is -4.67. The second-order valence-electron chi connectivity index (χ2n) is 12.3. The van der Waals surface area contributed by atoms with Gasteiger partial charge in [-0.25, -0.2) is 4.98 Å². The number of carbonyl (C=O) groups excluding carboxylic acids is 1. The number of rotatable bonds is 6. The van der Waals surface area contributed by atoms with Gasteiger partial charge in [0.1, 0.15) is 11.6 Å². The number of hydrogen-bond acceptors (Lipinski definition) is 7. The zero-order valence-corrected chi connectivity index (χ0v) is 25.5. The molecule has 0 atom stereocenters. The van der Waals surface area contributed by atoms with E-state index in [-0.39, 0.29) is 11.3 Å². The molecule has 1 aliphatic rings. The predicted molar refractivity (Wildman–Crippen MR) is 172 cm³/mol. The third-order valence-electron chi connectivity index (χ3n) is 8.34. The molecule has 0 aliphatic carbocycles. The van der Waals surface area contributed by atoms with Crippen molar-refractivity contribution >= 4 is 39.4 Å². The molecule has 6 aromatic rings. The van der Waals surface area contributed by atoms with Gasteiger partial charge in [0.25, 0.3) is 0 Å². The van der Waals surface area contributed by atoms with Gasteiger partial charge in [-0.3, -0.25) is 23.6 Å². The highest BCUT2D eigenvalue weighted by atomic mass is 16.5. The minimum Gasteiger partial charge on any atom is -0.379 e. The van der Waals surface area contributed by atoms with Crippen molar-refractivity contribution in [3.8, 4) is 16.8 Å². The predicted octanol–water partition coefficient (Wildman–Crippen LogP) is 5.41. The van der Waals surface area contributed by atoms with Gasteiger partial charge in [-0.15, -0.1) is 10.2 Å². The standard InChI is InChI=1S/C34H36N8O2/c1-5-30-38-39-33-41(25-10-8-24(9-11-25)34(2,3)4)32-26-18-22(6-12-27(26)35-20-28(32)42(30)33)23-7-13-29(36-19-23)37-31(43)21-40-14-16-44-17-15-40/h6-13,18-20H,5,14-17,21H2,1-4H3,(H,36,37,43). The van der Waals surface area contributed by atoms with Crippen molar-refractivity contribution in [2.24, 2.45) is 0 Å². The van der Waals surface area contributed by atoms with E-state index < -0.39 is 0 Å². The molecule has 10 heteroatoms. The van der Waals surface area contributed by atoms with Crippen LogP contribution in [0.1, 0.15) is 39.1 Å². The normalized spacial score (nSPS) is 14.5. The van der Waals surface area contributed by atoms with E-state index in [0.29, 0.717) is 25.6 Å². The van der Waals surface area contributed by atoms with Crippen molar-refractivity contribution < 1.29 is 9.53 Å². The first-order chi connectivity index (χ1) is 21.3. The monoisotopic (exact) mass is 588 g/mol. The van der Waals surface area contributed by atoms with E-state index in [1.807, 2.05) is 24.4 Å². The molecule has 1 amide bonds. The maximum Gasteiger partial charge on any atom is 0.241 e. The van der Waals surface area contributed by atoms with E-state index in [1.165, 1.54) is 5.56 Å². The minimum absolute atomic E-state index is 0.0531. The second-order valence-corrected chi connectivity index (χ2v) is 12.3. The number of ether oxygens (including phenoxy) is 1. The number of carbonyl (C=O) groups is 1. The van der Waals surface area contributed by atoms with Gasteiger partial charge in [0.15, 0.2) is 0 Å². The highest BCUT2D eigenvalue weighted by Gasteiger charge is 2.21. The van der Waals surface area contributed by atoms with E-state index in [0.717, 1.165) is 69.9 Å². The Morgan fingerprint density at radius 1 is 0.932 bits per heavy atom. The van der Waals surface area contributed by atoms with Crippen LogP contribution in [-0.4, -0.2) is 72.8 Å². The molecule has 1 fully saturated rings. The van der Waals surface area contributed by atoms with Crippen LogP contribution in [0.25, 0.3) is 44.5 Å². The van der Waals surface area contributed by atoms with Crippen molar-refractivity contribution in [2.75, 3.05) is 38.2 Å². The smallest absolute Gasteiger partial charge is 0.241 e. The number of aromatic nitrogens is 6. The summed E-state index contributed by atoms with van der Waals surface area (Å²) in [5, 5.41) is 13.0. The molecule has 0 bridgehead atoms. The number of aryl methyl sites for hydroxylation is 1. The quantitative estimate of drug-likeness (QED) is 0.277. The summed E-state index contributed by atoms with van der Waals surface area (Å²) < 4.78 is 9.67. The Morgan fingerprint density at radius 2 is 1.70 bits per heavy atom. The minimum atomic E-state index is -0.0754. The summed E-state index contributed by atoms with van der Waals surface area (Å²) in [4.78, 5) is 24.0. The molecule has 224 valence electrons. The van der Waals surface area contributed by atoms with Gasteiger partial charge < -0.3 is 10.1 Å². The van der Waals surface area contributed by atoms with Crippen LogP contribution in [0.2, 0.25) is 0 Å². The first-order valence-corrected chi connectivity index (χ1v) is 15.1. The fourth-order valence-corrected chi connectivity index (χ4v) is 5.91. The molecule has 0 spiro atoms. The van der Waals surface area contributed by atoms with Crippen LogP contribution in [-0.2, 0) is 21.4 Å². The molecule has 2 aromatic carbocycles. The number of nitrogens with zero attached hydrogens (tertiary/aromatic N) is 7. The summed E-state index contributed by atoms with van der Waals surface area (Å²) in [5.41, 5.74) is 7.17. The maximum absolute atomic E-state index is 12.6. The SMILES string of the molecule is CCc1nnc2n(-c3ccc(C(C)(C)C)cc3)c3c4cc(-c5ccc(NC(=O)CN6CCOCC6)nc5)ccc4ncc3n12. The Balaban J connectivity index is 1.28. The number of fused-ring (bicyclic) bond motifs is 5. The van der Waals surface area contributed by atoms with Gasteiger partial charge in [-0.05, 0) is 52.9 Å². The number of amides is 1. The van der Waals surface area contributed by atoms with Crippen LogP contribution in [0, 0.1) is 0 Å². The number of hydrogen-bond donors (Lipinski definition) is 1. The first-order valence-electron chi connectivity index (χ1n) is 15.1. The Morgan fingerprint density at radius 3 is 2.41 bits per heavy atom. The van der Waals surface area contributed by atoms with Gasteiger partial charge in [0.05, 0.1) is 42.5 Å². The molecule has 4 aromatic heterocycles. The fraction of sp³-hybridized carbons (Fsp3) is 0.324. The van der Waals surface area contributed by atoms with Crippen molar-refractivity contribution in [1.82, 2.24) is 34.0 Å². The van der Waals surface area contributed by atoms with Crippen molar-refractivity contribution in [3.63, 3.8) is 0 Å². The summed E-state index contributed by atoms with van der Waals surface area (Å²) in [5.74, 6) is 2.11. The van der Waals surface area contributed by atoms with E-state index >= 15 is 0 Å². The topological polar surface area (TPSA) is 102 Å². The molecule has 10 nitrogen and oxygen atoms in total. The van der Waals surface area contributed by atoms with E-state index in [9.17, 15) is 4.79 Å². The Bertz CT molecular complexity index is 1980. The lowest BCUT2D eigenvalue weighted by atomic mass is 9.87. The Labute approximate surface area is 255 Å². The highest BCUT2D eigenvalue weighted by Crippen LogP contribution is 2.34. The number of benzene rings is 2. The fourth-order valence-electron chi connectivity index (χ4n) is 5.91. The molecule has 1 aliphatic heterocycles. The van der Waals surface area contributed by atoms with Gasteiger partial charge in [0, 0.05) is 42.3 Å². The number of nitrogens with one attached hydrogen (secondary N) is 1. The molecular formula is C34H36N8O2. The molecular weight excluding hydrogens is 552 g/mol. The van der Waals surface area contributed by atoms with Crippen molar-refractivity contribution in [2.45, 2.75) is 39.5 Å². The number of anilines is 1. The average Bonchev–Trinajstić information content (AvgIpc) is 3.59. The lowest BCUT2D eigenvalue weighted by Gasteiger charge is -2.25. The third kappa shape index (κ3) is 5.10. The van der Waals surface area contributed by atoms with Gasteiger partial charge in [-0.2, -0.15) is 0 Å². The summed E-state index contributed by atoms with van der Waals surface area (Å²) in [6.45, 7) is 11.9. The summed E-state index contributed by atoms with van der Waals surface area (Å²) in [7, 11) is 0. The van der Waals surface area contributed by atoms with E-state index in [2.05, 4.69) is 98.5 Å². The number of pyridine rings is 2. The van der Waals surface area contributed by atoms with Gasteiger partial charge in [-0.1, -0.05) is 45.9 Å². The van der Waals surface area contributed by atoms with Gasteiger partial charge >= 0.3 is 0 Å². The molecule has 1 saturated heterocycles. The molecule has 7 rings (SSSR count). The van der Waals surface area contributed by atoms with Crippen LogP contribution in [0.15, 0.2) is 67.0 Å². The van der Waals surface area contributed by atoms with E-state index in [1.54, 1.807) is 6.20 Å². The Kier molecular flexibility index (Phi) is 7.10. The third-order valence-corrected chi connectivity index (χ3v) is 8.34. The average molecular weight is 589 g/mol. The molecule has 44 heavy (non-hydrogen) atoms. The zero-order chi connectivity index (χ0) is 30.4. The lowest BCUT2D eigenvalue weighted by molar-refractivity contribution is -0.118. The molecule has 0 unspecified atom stereocenters. The highest BCUT2D eigenvalue weighted by molar-refractivity contribution is 6.06. The summed E-state index contributed by atoms with van der Waals surface area (Å²) >= 11 is 0. The summed E-state index contributed by atoms with van der Waals surface area (Å²) in [6, 6.07) is 18.8.